The molecule has 0 fully saturated rings. The minimum atomic E-state index is 0.717. The van der Waals surface area contributed by atoms with Crippen molar-refractivity contribution in [3.05, 3.63) is 69.8 Å². The van der Waals surface area contributed by atoms with Gasteiger partial charge in [0, 0.05) is 14.5 Å². The van der Waals surface area contributed by atoms with Gasteiger partial charge in [0.1, 0.15) is 0 Å². The first kappa shape index (κ1) is 12.2. The van der Waals surface area contributed by atoms with Gasteiger partial charge in [-0.05, 0) is 45.7 Å². The molecule has 0 N–H and O–H groups in total. The highest BCUT2D eigenvalue weighted by molar-refractivity contribution is 14.1. The van der Waals surface area contributed by atoms with Gasteiger partial charge in [0.2, 0.25) is 0 Å². The van der Waals surface area contributed by atoms with Gasteiger partial charge in [0.15, 0.2) is 0 Å². The van der Waals surface area contributed by atoms with E-state index in [1.54, 1.807) is 0 Å². The Labute approximate surface area is 125 Å². The smallest absolute Gasteiger partial charge is 0.0998 e. The topological polar surface area (TPSA) is 23.8 Å². The number of halogens is 1. The molecule has 0 heterocycles. The quantitative estimate of drug-likeness (QED) is 0.565. The first-order chi connectivity index (χ1) is 9.31. The molecular weight excluding hydrogens is 345 g/mol. The van der Waals surface area contributed by atoms with E-state index >= 15 is 0 Å². The van der Waals surface area contributed by atoms with Crippen molar-refractivity contribution in [1.29, 1.82) is 5.26 Å². The Morgan fingerprint density at radius 3 is 2.26 bits per heavy atom. The van der Waals surface area contributed by atoms with Gasteiger partial charge in [0.05, 0.1) is 11.6 Å². The van der Waals surface area contributed by atoms with E-state index in [-0.39, 0.29) is 0 Å². The Kier molecular flexibility index (Phi) is 3.22. The second-order valence-electron chi connectivity index (χ2n) is 4.30. The fourth-order valence-electron chi connectivity index (χ4n) is 2.34. The molecule has 0 aliphatic carbocycles. The molecular formula is C17H10IN. The highest BCUT2D eigenvalue weighted by atomic mass is 127. The molecule has 90 valence electrons. The Bertz CT molecular complexity index is 794. The Hall–Kier alpha value is -1.86. The number of hydrogen-bond acceptors (Lipinski definition) is 1. The maximum absolute atomic E-state index is 9.27. The van der Waals surface area contributed by atoms with Crippen LogP contribution in [0, 0.1) is 14.9 Å². The average molecular weight is 355 g/mol. The van der Waals surface area contributed by atoms with Crippen LogP contribution in [0.1, 0.15) is 5.56 Å². The molecule has 2 heteroatoms. The van der Waals surface area contributed by atoms with Crippen LogP contribution in [0.4, 0.5) is 0 Å². The number of nitrogens with zero attached hydrogens (tertiary/aromatic N) is 1. The summed E-state index contributed by atoms with van der Waals surface area (Å²) in [6, 6.07) is 22.5. The lowest BCUT2D eigenvalue weighted by Crippen LogP contribution is -1.87. The van der Waals surface area contributed by atoms with E-state index in [1.165, 1.54) is 14.3 Å². The van der Waals surface area contributed by atoms with Gasteiger partial charge >= 0.3 is 0 Å². The summed E-state index contributed by atoms with van der Waals surface area (Å²) in [5.74, 6) is 0. The van der Waals surface area contributed by atoms with Crippen molar-refractivity contribution in [2.24, 2.45) is 0 Å². The van der Waals surface area contributed by atoms with Crippen LogP contribution in [-0.2, 0) is 0 Å². The molecule has 1 nitrogen and oxygen atoms in total. The number of benzene rings is 3. The molecule has 0 aliphatic heterocycles. The lowest BCUT2D eigenvalue weighted by atomic mass is 9.95. The number of nitriles is 1. The molecule has 0 saturated heterocycles. The summed E-state index contributed by atoms with van der Waals surface area (Å²) in [5.41, 5.74) is 2.84. The van der Waals surface area contributed by atoms with Crippen molar-refractivity contribution in [2.45, 2.75) is 0 Å². The third kappa shape index (κ3) is 2.11. The van der Waals surface area contributed by atoms with Crippen LogP contribution < -0.4 is 0 Å². The standard InChI is InChI=1S/C17H10IN/c18-16-10-4-7-12-6-3-9-15(17(12)16)14-8-2-1-5-13(14)11-19/h1-10H. The zero-order valence-corrected chi connectivity index (χ0v) is 12.3. The summed E-state index contributed by atoms with van der Waals surface area (Å²) >= 11 is 2.35. The van der Waals surface area contributed by atoms with Gasteiger partial charge in [-0.2, -0.15) is 5.26 Å². The minimum absolute atomic E-state index is 0.717. The maximum Gasteiger partial charge on any atom is 0.0998 e. The van der Waals surface area contributed by atoms with Crippen LogP contribution in [0.3, 0.4) is 0 Å². The second-order valence-corrected chi connectivity index (χ2v) is 5.46. The van der Waals surface area contributed by atoms with E-state index in [2.05, 4.69) is 59.0 Å². The summed E-state index contributed by atoms with van der Waals surface area (Å²) in [7, 11) is 0. The molecule has 0 saturated carbocycles. The molecule has 0 aromatic heterocycles. The van der Waals surface area contributed by atoms with Gasteiger partial charge in [-0.15, -0.1) is 0 Å². The normalized spacial score (nSPS) is 10.3. The largest absolute Gasteiger partial charge is 0.192 e. The van der Waals surface area contributed by atoms with Crippen molar-refractivity contribution in [3.63, 3.8) is 0 Å². The molecule has 3 rings (SSSR count). The molecule has 3 aromatic carbocycles. The first-order valence-electron chi connectivity index (χ1n) is 5.98. The molecule has 3 aromatic rings. The van der Waals surface area contributed by atoms with Gasteiger partial charge in [-0.25, -0.2) is 0 Å². The highest BCUT2D eigenvalue weighted by Gasteiger charge is 2.09. The van der Waals surface area contributed by atoms with Gasteiger partial charge in [0.25, 0.3) is 0 Å². The van der Waals surface area contributed by atoms with Crippen LogP contribution in [-0.4, -0.2) is 0 Å². The minimum Gasteiger partial charge on any atom is -0.192 e. The highest BCUT2D eigenvalue weighted by Crippen LogP contribution is 2.33. The summed E-state index contributed by atoms with van der Waals surface area (Å²) < 4.78 is 1.21. The Morgan fingerprint density at radius 1 is 0.789 bits per heavy atom. The number of fused-ring (bicyclic) bond motifs is 1. The van der Waals surface area contributed by atoms with E-state index in [0.29, 0.717) is 0 Å². The summed E-state index contributed by atoms with van der Waals surface area (Å²) in [4.78, 5) is 0. The van der Waals surface area contributed by atoms with Crippen LogP contribution in [0.15, 0.2) is 60.7 Å². The molecule has 0 radical (unpaired) electrons. The summed E-state index contributed by atoms with van der Waals surface area (Å²) in [6.45, 7) is 0. The van der Waals surface area contributed by atoms with Crippen molar-refractivity contribution in [1.82, 2.24) is 0 Å². The van der Waals surface area contributed by atoms with E-state index in [9.17, 15) is 5.26 Å². The fourth-order valence-corrected chi connectivity index (χ4v) is 3.14. The third-order valence-corrected chi connectivity index (χ3v) is 4.09. The van der Waals surface area contributed by atoms with Crippen molar-refractivity contribution in [2.75, 3.05) is 0 Å². The van der Waals surface area contributed by atoms with Crippen LogP contribution >= 0.6 is 22.6 Å². The van der Waals surface area contributed by atoms with Gasteiger partial charge < -0.3 is 0 Å². The maximum atomic E-state index is 9.27. The van der Waals surface area contributed by atoms with E-state index < -0.39 is 0 Å². The molecule has 19 heavy (non-hydrogen) atoms. The predicted molar refractivity (Wildman–Crippen MR) is 86.8 cm³/mol. The van der Waals surface area contributed by atoms with Crippen LogP contribution in [0.25, 0.3) is 21.9 Å². The van der Waals surface area contributed by atoms with Crippen molar-refractivity contribution in [3.8, 4) is 17.2 Å². The molecule has 0 amide bonds. The molecule has 0 aliphatic rings. The fraction of sp³-hybridized carbons (Fsp3) is 0. The van der Waals surface area contributed by atoms with Crippen LogP contribution in [0.2, 0.25) is 0 Å². The van der Waals surface area contributed by atoms with Gasteiger partial charge in [-0.3, -0.25) is 0 Å². The van der Waals surface area contributed by atoms with E-state index in [1.807, 2.05) is 30.3 Å². The van der Waals surface area contributed by atoms with Gasteiger partial charge in [-0.1, -0.05) is 48.5 Å². The second kappa shape index (κ2) is 5.02. The molecule has 0 unspecified atom stereocenters. The lowest BCUT2D eigenvalue weighted by Gasteiger charge is -2.10. The van der Waals surface area contributed by atoms with Crippen molar-refractivity contribution >= 4 is 33.4 Å². The molecule has 0 atom stereocenters. The Balaban J connectivity index is 2.41. The zero-order chi connectivity index (χ0) is 13.2. The lowest BCUT2D eigenvalue weighted by molar-refractivity contribution is 1.48. The summed E-state index contributed by atoms with van der Waals surface area (Å²) in [6.07, 6.45) is 0. The zero-order valence-electron chi connectivity index (χ0n) is 10.1. The predicted octanol–water partition coefficient (Wildman–Crippen LogP) is 4.98. The van der Waals surface area contributed by atoms with E-state index in [0.717, 1.165) is 16.7 Å². The summed E-state index contributed by atoms with van der Waals surface area (Å²) in [5, 5.41) is 11.7. The Morgan fingerprint density at radius 2 is 1.47 bits per heavy atom. The van der Waals surface area contributed by atoms with Crippen molar-refractivity contribution < 1.29 is 0 Å². The molecule has 0 spiro atoms. The third-order valence-electron chi connectivity index (χ3n) is 3.19. The number of hydrogen-bond donors (Lipinski definition) is 0. The first-order valence-corrected chi connectivity index (χ1v) is 7.06. The average Bonchev–Trinajstić information content (AvgIpc) is 2.47. The SMILES string of the molecule is N#Cc1ccccc1-c1cccc2cccc(I)c12. The monoisotopic (exact) mass is 355 g/mol. The number of rotatable bonds is 1. The van der Waals surface area contributed by atoms with E-state index in [4.69, 9.17) is 0 Å². The van der Waals surface area contributed by atoms with Crippen LogP contribution in [0.5, 0.6) is 0 Å². The molecule has 0 bridgehead atoms.